The second-order valence-electron chi connectivity index (χ2n) is 6.08. The van der Waals surface area contributed by atoms with Crippen LogP contribution in [0.5, 0.6) is 0 Å². The molecule has 0 aliphatic carbocycles. The molecule has 0 saturated heterocycles. The van der Waals surface area contributed by atoms with E-state index in [0.717, 1.165) is 25.9 Å². The molecule has 6 N–H and O–H groups in total. The van der Waals surface area contributed by atoms with Crippen molar-refractivity contribution in [1.82, 2.24) is 0 Å². The van der Waals surface area contributed by atoms with Crippen LogP contribution in [0.1, 0.15) is 26.7 Å². The SMILES string of the molecule is C=C(C)C(=O)[O-].CCOS(=O)(=O)[O-].C[NH+](C)CCCN.C[NH+](C)CCCN. The Morgan fingerprint density at radius 2 is 1.33 bits per heavy atom. The Balaban J connectivity index is -0.000000131. The largest absolute Gasteiger partial charge is 0.726 e. The summed E-state index contributed by atoms with van der Waals surface area (Å²) in [4.78, 5) is 12.4. The summed E-state index contributed by atoms with van der Waals surface area (Å²) >= 11 is 0. The standard InChI is InChI=1S/2C5H14N2.C4H6O2.C2H6O4S/c2*1-7(2)5-3-4-6;1-3(2)4(5)6;1-2-6-7(3,4)5/h2*3-6H2,1-2H3;1H2,2H3,(H,5,6);2H2,1H3,(H,3,4,5). The van der Waals surface area contributed by atoms with Crippen molar-refractivity contribution in [3.05, 3.63) is 12.2 Å². The summed E-state index contributed by atoms with van der Waals surface area (Å²) in [6, 6.07) is 0. The van der Waals surface area contributed by atoms with Crippen LogP contribution in [0.15, 0.2) is 12.2 Å². The molecule has 10 nitrogen and oxygen atoms in total. The van der Waals surface area contributed by atoms with Gasteiger partial charge in [-0.1, -0.05) is 6.58 Å². The van der Waals surface area contributed by atoms with E-state index in [9.17, 15) is 22.9 Å². The zero-order valence-corrected chi connectivity index (χ0v) is 18.5. The van der Waals surface area contributed by atoms with E-state index in [0.29, 0.717) is 0 Å². The van der Waals surface area contributed by atoms with Crippen LogP contribution in [-0.4, -0.2) is 79.9 Å². The van der Waals surface area contributed by atoms with E-state index in [1.165, 1.54) is 36.7 Å². The van der Waals surface area contributed by atoms with Gasteiger partial charge in [-0.15, -0.1) is 0 Å². The quantitative estimate of drug-likeness (QED) is 0.166. The van der Waals surface area contributed by atoms with Gasteiger partial charge in [0, 0.05) is 12.8 Å². The maximum absolute atomic E-state index is 9.49. The molecule has 0 aromatic carbocycles. The highest BCUT2D eigenvalue weighted by molar-refractivity contribution is 7.80. The van der Waals surface area contributed by atoms with Crippen LogP contribution < -0.4 is 26.4 Å². The summed E-state index contributed by atoms with van der Waals surface area (Å²) in [5.74, 6) is -1.19. The average molecular weight is 417 g/mol. The van der Waals surface area contributed by atoms with Crippen molar-refractivity contribution in [2.45, 2.75) is 26.7 Å². The van der Waals surface area contributed by atoms with Crippen molar-refractivity contribution in [1.29, 1.82) is 0 Å². The van der Waals surface area contributed by atoms with Crippen LogP contribution in [0.25, 0.3) is 0 Å². The number of nitrogens with two attached hydrogens (primary N) is 2. The van der Waals surface area contributed by atoms with Crippen LogP contribution in [0, 0.1) is 0 Å². The molecule has 0 amide bonds. The number of hydrogen-bond acceptors (Lipinski definition) is 8. The number of aliphatic carboxylic acids is 1. The van der Waals surface area contributed by atoms with Crippen LogP contribution in [0.3, 0.4) is 0 Å². The Kier molecular flexibility index (Phi) is 28.5. The lowest BCUT2D eigenvalue weighted by Gasteiger charge is -2.03. The van der Waals surface area contributed by atoms with E-state index < -0.39 is 16.4 Å². The van der Waals surface area contributed by atoms with E-state index >= 15 is 0 Å². The molecule has 27 heavy (non-hydrogen) atoms. The van der Waals surface area contributed by atoms with Crippen molar-refractivity contribution in [3.8, 4) is 0 Å². The molecule has 0 heterocycles. The van der Waals surface area contributed by atoms with Gasteiger partial charge in [0.05, 0.1) is 53.9 Å². The predicted octanol–water partition coefficient (Wildman–Crippen LogP) is -4.25. The van der Waals surface area contributed by atoms with E-state index in [4.69, 9.17) is 11.5 Å². The van der Waals surface area contributed by atoms with Gasteiger partial charge in [0.2, 0.25) is 10.4 Å². The number of carboxylic acids is 1. The molecule has 0 aliphatic heterocycles. The predicted molar refractivity (Wildman–Crippen MR) is 104 cm³/mol. The van der Waals surface area contributed by atoms with Gasteiger partial charge in [-0.05, 0) is 32.5 Å². The highest BCUT2D eigenvalue weighted by atomic mass is 32.3. The molecular formula is C16H40N4O6S. The van der Waals surface area contributed by atoms with E-state index in [1.807, 2.05) is 0 Å². The summed E-state index contributed by atoms with van der Waals surface area (Å²) in [6.45, 7) is 9.84. The lowest BCUT2D eigenvalue weighted by Crippen LogP contribution is -3.05. The van der Waals surface area contributed by atoms with Crippen molar-refractivity contribution in [2.24, 2.45) is 11.5 Å². The topological polar surface area (TPSA) is 167 Å². The van der Waals surface area contributed by atoms with Gasteiger partial charge in [0.1, 0.15) is 0 Å². The number of carbonyl (C=O) groups is 1. The Morgan fingerprint density at radius 1 is 1.04 bits per heavy atom. The lowest BCUT2D eigenvalue weighted by atomic mass is 10.4. The maximum atomic E-state index is 9.49. The normalized spacial score (nSPS) is 10.0. The fourth-order valence-corrected chi connectivity index (χ4v) is 1.34. The Bertz CT molecular complexity index is 418. The van der Waals surface area contributed by atoms with E-state index in [1.54, 1.807) is 0 Å². The molecule has 0 saturated carbocycles. The molecule has 0 aliphatic rings. The minimum Gasteiger partial charge on any atom is -0.726 e. The molecule has 0 radical (unpaired) electrons. The smallest absolute Gasteiger partial charge is 0.217 e. The second kappa shape index (κ2) is 23.0. The molecule has 0 spiro atoms. The maximum Gasteiger partial charge on any atom is 0.217 e. The second-order valence-corrected chi connectivity index (χ2v) is 7.13. The molecular weight excluding hydrogens is 376 g/mol. The zero-order valence-electron chi connectivity index (χ0n) is 17.7. The number of nitrogens with one attached hydrogen (secondary N) is 2. The number of carbonyl (C=O) groups excluding carboxylic acids is 1. The van der Waals surface area contributed by atoms with Crippen LogP contribution in [0.4, 0.5) is 0 Å². The van der Waals surface area contributed by atoms with Crippen LogP contribution >= 0.6 is 0 Å². The van der Waals surface area contributed by atoms with Crippen molar-refractivity contribution in [2.75, 3.05) is 61.0 Å². The number of carboxylic acid groups (broad SMARTS) is 1. The molecule has 0 fully saturated rings. The minimum atomic E-state index is -4.42. The van der Waals surface area contributed by atoms with E-state index in [-0.39, 0.29) is 12.2 Å². The molecule has 0 unspecified atom stereocenters. The molecule has 0 atom stereocenters. The first-order valence-electron chi connectivity index (χ1n) is 8.70. The Morgan fingerprint density at radius 3 is 1.37 bits per heavy atom. The molecule has 166 valence electrons. The van der Waals surface area contributed by atoms with Gasteiger partial charge in [-0.25, -0.2) is 8.42 Å². The Hall–Kier alpha value is -1.08. The average Bonchev–Trinajstić information content (AvgIpc) is 2.51. The van der Waals surface area contributed by atoms with Crippen molar-refractivity contribution >= 4 is 16.4 Å². The fraction of sp³-hybridized carbons (Fsp3) is 0.812. The number of rotatable bonds is 9. The summed E-state index contributed by atoms with van der Waals surface area (Å²) < 4.78 is 32.0. The van der Waals surface area contributed by atoms with Gasteiger partial charge >= 0.3 is 0 Å². The van der Waals surface area contributed by atoms with Crippen molar-refractivity contribution < 1.29 is 36.9 Å². The first-order valence-corrected chi connectivity index (χ1v) is 10.0. The molecule has 0 rings (SSSR count). The third kappa shape index (κ3) is 58.8. The summed E-state index contributed by atoms with van der Waals surface area (Å²) in [7, 11) is 4.11. The first kappa shape index (κ1) is 33.5. The van der Waals surface area contributed by atoms with Gasteiger partial charge in [-0.2, -0.15) is 0 Å². The highest BCUT2D eigenvalue weighted by Crippen LogP contribution is 1.80. The van der Waals surface area contributed by atoms with Gasteiger partial charge in [0.25, 0.3) is 0 Å². The number of quaternary nitrogens is 2. The lowest BCUT2D eigenvalue weighted by molar-refractivity contribution is -0.858. The van der Waals surface area contributed by atoms with Crippen LogP contribution in [-0.2, 0) is 19.4 Å². The molecule has 0 aromatic rings. The monoisotopic (exact) mass is 416 g/mol. The molecule has 11 heteroatoms. The summed E-state index contributed by atoms with van der Waals surface area (Å²) in [5.41, 5.74) is 10.6. The molecule has 0 aromatic heterocycles. The van der Waals surface area contributed by atoms with Gasteiger partial charge < -0.3 is 35.7 Å². The molecule has 0 bridgehead atoms. The van der Waals surface area contributed by atoms with Gasteiger partial charge in [0.15, 0.2) is 0 Å². The van der Waals surface area contributed by atoms with Gasteiger partial charge in [-0.3, -0.25) is 4.18 Å². The van der Waals surface area contributed by atoms with Crippen LogP contribution in [0.2, 0.25) is 0 Å². The third-order valence-electron chi connectivity index (χ3n) is 2.37. The first-order chi connectivity index (χ1) is 12.2. The zero-order chi connectivity index (χ0) is 22.5. The minimum absolute atomic E-state index is 0.0648. The third-order valence-corrected chi connectivity index (χ3v) is 2.90. The highest BCUT2D eigenvalue weighted by Gasteiger charge is 1.88. The summed E-state index contributed by atoms with van der Waals surface area (Å²) in [5, 5.41) is 9.49. The Labute approximate surface area is 165 Å². The fourth-order valence-electron chi connectivity index (χ4n) is 1.06. The van der Waals surface area contributed by atoms with E-state index in [2.05, 4.69) is 39.0 Å². The van der Waals surface area contributed by atoms with Crippen molar-refractivity contribution in [3.63, 3.8) is 0 Å². The summed E-state index contributed by atoms with van der Waals surface area (Å²) in [6.07, 6.45) is 2.28. The number of hydrogen-bond donors (Lipinski definition) is 4.